The number of rotatable bonds is 7. The number of benzene rings is 2. The van der Waals surface area contributed by atoms with E-state index in [2.05, 4.69) is 19.9 Å². The summed E-state index contributed by atoms with van der Waals surface area (Å²) >= 11 is 0. The lowest BCUT2D eigenvalue weighted by Gasteiger charge is -2.21. The van der Waals surface area contributed by atoms with Crippen LogP contribution in [-0.4, -0.2) is 32.1 Å². The molecule has 0 saturated carbocycles. The number of carbonyl (C=O) groups excluding carboxylic acids is 1. The Hall–Kier alpha value is -3.36. The Morgan fingerprint density at radius 1 is 1.10 bits per heavy atom. The summed E-state index contributed by atoms with van der Waals surface area (Å²) in [6, 6.07) is 11.2. The first-order valence-electron chi connectivity index (χ1n) is 8.43. The van der Waals surface area contributed by atoms with Crippen LogP contribution < -0.4 is 0 Å². The molecular weight excluding hydrogens is 389 g/mol. The predicted octanol–water partition coefficient (Wildman–Crippen LogP) is 4.34. The first-order valence-corrected chi connectivity index (χ1v) is 8.43. The van der Waals surface area contributed by atoms with E-state index in [-0.39, 0.29) is 16.8 Å². The summed E-state index contributed by atoms with van der Waals surface area (Å²) in [6.45, 7) is 1.57. The van der Waals surface area contributed by atoms with Crippen LogP contribution in [0.5, 0.6) is 0 Å². The Morgan fingerprint density at radius 3 is 2.45 bits per heavy atom. The van der Waals surface area contributed by atoms with Crippen LogP contribution in [0.4, 0.5) is 13.2 Å². The fraction of sp³-hybridized carbons (Fsp3) is 0.250. The van der Waals surface area contributed by atoms with Gasteiger partial charge in [-0.2, -0.15) is 13.2 Å². The Bertz CT molecular complexity index is 911. The van der Waals surface area contributed by atoms with Gasteiger partial charge in [-0.1, -0.05) is 46.7 Å². The number of hydrogen-bond donors (Lipinski definition) is 0. The maximum atomic E-state index is 13.5. The van der Waals surface area contributed by atoms with Gasteiger partial charge in [0, 0.05) is 22.9 Å². The molecule has 0 amide bonds. The van der Waals surface area contributed by atoms with Crippen LogP contribution in [0.25, 0.3) is 0 Å². The van der Waals surface area contributed by atoms with Gasteiger partial charge >= 0.3 is 12.1 Å². The van der Waals surface area contributed by atoms with Crippen molar-refractivity contribution in [3.05, 3.63) is 70.8 Å². The summed E-state index contributed by atoms with van der Waals surface area (Å²) in [5.41, 5.74) is -0.488. The largest absolute Gasteiger partial charge is 0.464 e. The van der Waals surface area contributed by atoms with Gasteiger partial charge in [0.2, 0.25) is 0 Å². The minimum absolute atomic E-state index is 0.119. The van der Waals surface area contributed by atoms with Crippen LogP contribution in [-0.2, 0) is 25.4 Å². The minimum Gasteiger partial charge on any atom is -0.464 e. The lowest BCUT2D eigenvalue weighted by Crippen LogP contribution is -2.18. The third-order valence-electron chi connectivity index (χ3n) is 3.84. The van der Waals surface area contributed by atoms with Crippen molar-refractivity contribution in [1.29, 1.82) is 0 Å². The summed E-state index contributed by atoms with van der Waals surface area (Å²) in [4.78, 5) is 22.0. The van der Waals surface area contributed by atoms with Crippen LogP contribution >= 0.6 is 0 Å². The molecule has 0 aromatic heterocycles. The monoisotopic (exact) mass is 408 g/mol. The predicted molar refractivity (Wildman–Crippen MR) is 101 cm³/mol. The number of methoxy groups -OCH3 is 1. The van der Waals surface area contributed by atoms with E-state index >= 15 is 0 Å². The van der Waals surface area contributed by atoms with E-state index in [1.807, 2.05) is 0 Å². The zero-order chi connectivity index (χ0) is 21.4. The standard InChI is InChI=1S/C20H19F3N2O4/c1-4-24-29-18(15-10-5-6-11-16(15)20(21,22)23)14-9-7-8-13(12-14)17(25-28-3)19(26)27-2/h4-12,18H,1-3H3. The molecule has 0 heterocycles. The van der Waals surface area contributed by atoms with Crippen molar-refractivity contribution in [2.75, 3.05) is 14.2 Å². The van der Waals surface area contributed by atoms with E-state index in [0.29, 0.717) is 5.56 Å². The molecule has 0 fully saturated rings. The van der Waals surface area contributed by atoms with Gasteiger partial charge in [0.25, 0.3) is 0 Å². The van der Waals surface area contributed by atoms with Gasteiger partial charge in [0.15, 0.2) is 11.8 Å². The lowest BCUT2D eigenvalue weighted by molar-refractivity contribution is -0.139. The molecule has 154 valence electrons. The van der Waals surface area contributed by atoms with Crippen molar-refractivity contribution < 1.29 is 32.4 Å². The van der Waals surface area contributed by atoms with Gasteiger partial charge in [-0.05, 0) is 19.1 Å². The molecule has 0 aliphatic rings. The minimum atomic E-state index is -4.58. The van der Waals surface area contributed by atoms with Crippen molar-refractivity contribution in [1.82, 2.24) is 0 Å². The van der Waals surface area contributed by atoms with Gasteiger partial charge in [-0.25, -0.2) is 4.79 Å². The fourth-order valence-corrected chi connectivity index (χ4v) is 2.65. The molecule has 0 aliphatic heterocycles. The Morgan fingerprint density at radius 2 is 1.83 bits per heavy atom. The maximum absolute atomic E-state index is 13.5. The van der Waals surface area contributed by atoms with Crippen molar-refractivity contribution in [2.45, 2.75) is 19.2 Å². The van der Waals surface area contributed by atoms with Crippen molar-refractivity contribution in [2.24, 2.45) is 10.3 Å². The summed E-state index contributed by atoms with van der Waals surface area (Å²) in [5, 5.41) is 7.32. The fourth-order valence-electron chi connectivity index (χ4n) is 2.65. The SMILES string of the molecule is CC=NOC(c1cccc(C(=NOC)C(=O)OC)c1)c1ccccc1C(F)(F)F. The molecule has 2 rings (SSSR count). The lowest BCUT2D eigenvalue weighted by atomic mass is 9.94. The van der Waals surface area contributed by atoms with Crippen LogP contribution in [0.2, 0.25) is 0 Å². The number of halogens is 3. The summed E-state index contributed by atoms with van der Waals surface area (Å²) in [6.07, 6.45) is -4.44. The van der Waals surface area contributed by atoms with E-state index in [9.17, 15) is 18.0 Å². The average Bonchev–Trinajstić information content (AvgIpc) is 2.71. The molecule has 6 nitrogen and oxygen atoms in total. The van der Waals surface area contributed by atoms with E-state index < -0.39 is 23.8 Å². The number of carbonyl (C=O) groups is 1. The highest BCUT2D eigenvalue weighted by Gasteiger charge is 2.36. The molecule has 1 atom stereocenters. The zero-order valence-electron chi connectivity index (χ0n) is 15.9. The first kappa shape index (κ1) is 21.9. The maximum Gasteiger partial charge on any atom is 0.416 e. The topological polar surface area (TPSA) is 69.5 Å². The molecule has 0 N–H and O–H groups in total. The van der Waals surface area contributed by atoms with E-state index in [4.69, 9.17) is 4.84 Å². The third kappa shape index (κ3) is 5.34. The number of esters is 1. The number of ether oxygens (including phenoxy) is 1. The molecular formula is C20H19F3N2O4. The summed E-state index contributed by atoms with van der Waals surface area (Å²) < 4.78 is 45.2. The third-order valence-corrected chi connectivity index (χ3v) is 3.84. The molecule has 1 unspecified atom stereocenters. The summed E-state index contributed by atoms with van der Waals surface area (Å²) in [7, 11) is 2.44. The molecule has 0 aliphatic carbocycles. The van der Waals surface area contributed by atoms with E-state index in [1.165, 1.54) is 44.7 Å². The molecule has 0 bridgehead atoms. The van der Waals surface area contributed by atoms with Gasteiger partial charge in [0.05, 0.1) is 12.7 Å². The van der Waals surface area contributed by atoms with Gasteiger partial charge in [-0.15, -0.1) is 0 Å². The van der Waals surface area contributed by atoms with Crippen molar-refractivity contribution >= 4 is 17.9 Å². The normalized spacial score (nSPS) is 13.2. The van der Waals surface area contributed by atoms with Crippen LogP contribution in [0.15, 0.2) is 58.8 Å². The molecule has 0 spiro atoms. The van der Waals surface area contributed by atoms with Crippen molar-refractivity contribution in [3.8, 4) is 0 Å². The highest BCUT2D eigenvalue weighted by molar-refractivity contribution is 6.43. The first-order chi connectivity index (χ1) is 13.8. The van der Waals surface area contributed by atoms with Crippen molar-refractivity contribution in [3.63, 3.8) is 0 Å². The Balaban J connectivity index is 2.62. The van der Waals surface area contributed by atoms with E-state index in [0.717, 1.165) is 6.07 Å². The second kappa shape index (κ2) is 9.72. The van der Waals surface area contributed by atoms with Crippen LogP contribution in [0.1, 0.15) is 35.3 Å². The molecule has 0 radical (unpaired) electrons. The number of hydrogen-bond acceptors (Lipinski definition) is 6. The van der Waals surface area contributed by atoms with E-state index in [1.54, 1.807) is 25.1 Å². The molecule has 0 saturated heterocycles. The molecule has 29 heavy (non-hydrogen) atoms. The number of oxime groups is 2. The molecule has 9 heteroatoms. The Labute approximate surface area is 165 Å². The van der Waals surface area contributed by atoms with Crippen LogP contribution in [0.3, 0.4) is 0 Å². The number of alkyl halides is 3. The second-order valence-corrected chi connectivity index (χ2v) is 5.67. The second-order valence-electron chi connectivity index (χ2n) is 5.67. The van der Waals surface area contributed by atoms with Gasteiger partial charge < -0.3 is 14.4 Å². The highest BCUT2D eigenvalue weighted by Crippen LogP contribution is 2.38. The molecule has 2 aromatic carbocycles. The zero-order valence-corrected chi connectivity index (χ0v) is 15.9. The van der Waals surface area contributed by atoms with Crippen LogP contribution in [0, 0.1) is 0 Å². The highest BCUT2D eigenvalue weighted by atomic mass is 19.4. The quantitative estimate of drug-likeness (QED) is 0.388. The average molecular weight is 408 g/mol. The number of nitrogens with zero attached hydrogens (tertiary/aromatic N) is 2. The summed E-state index contributed by atoms with van der Waals surface area (Å²) in [5.74, 6) is -0.760. The van der Waals surface area contributed by atoms with Gasteiger partial charge in [-0.3, -0.25) is 0 Å². The smallest absolute Gasteiger partial charge is 0.416 e. The van der Waals surface area contributed by atoms with Gasteiger partial charge in [0.1, 0.15) is 7.11 Å². The molecule has 2 aromatic rings. The Kier molecular flexibility index (Phi) is 7.35.